The van der Waals surface area contributed by atoms with Crippen molar-refractivity contribution in [1.29, 1.82) is 0 Å². The van der Waals surface area contributed by atoms with E-state index in [1.807, 2.05) is 0 Å². The van der Waals surface area contributed by atoms with Crippen molar-refractivity contribution in [1.82, 2.24) is 5.32 Å². The number of hydrogen-bond donors (Lipinski definition) is 1. The Morgan fingerprint density at radius 2 is 2.08 bits per heavy atom. The second-order valence-corrected chi connectivity index (χ2v) is 4.23. The van der Waals surface area contributed by atoms with Gasteiger partial charge in [0.2, 0.25) is 0 Å². The summed E-state index contributed by atoms with van der Waals surface area (Å²) < 4.78 is 0. The maximum Gasteiger partial charge on any atom is 0.0208 e. The summed E-state index contributed by atoms with van der Waals surface area (Å²) in [5.74, 6) is 0.896. The maximum atomic E-state index is 3.43. The first kappa shape index (κ1) is 7.57. The molecule has 0 bridgehead atoms. The van der Waals surface area contributed by atoms with E-state index in [-0.39, 0.29) is 0 Å². The first-order valence-corrected chi connectivity index (χ1v) is 5.26. The lowest BCUT2D eigenvalue weighted by Gasteiger charge is -2.17. The molecule has 0 spiro atoms. The molecule has 2 aliphatic rings. The number of benzene rings is 1. The van der Waals surface area contributed by atoms with Gasteiger partial charge in [0.05, 0.1) is 0 Å². The Bertz CT molecular complexity index is 326. The molecule has 13 heavy (non-hydrogen) atoms. The third kappa shape index (κ3) is 1.37. The molecule has 0 amide bonds. The lowest BCUT2D eigenvalue weighted by Crippen LogP contribution is -2.23. The largest absolute Gasteiger partial charge is 0.312 e. The molecule has 0 aromatic heterocycles. The van der Waals surface area contributed by atoms with E-state index in [2.05, 4.69) is 23.5 Å². The minimum Gasteiger partial charge on any atom is -0.312 e. The normalized spacial score (nSPS) is 21.2. The Balaban J connectivity index is 1.98. The molecule has 1 nitrogen and oxygen atoms in total. The third-order valence-corrected chi connectivity index (χ3v) is 3.17. The Kier molecular flexibility index (Phi) is 1.66. The second-order valence-electron chi connectivity index (χ2n) is 4.23. The number of rotatable bonds is 1. The van der Waals surface area contributed by atoms with E-state index in [1.54, 1.807) is 11.1 Å². The average Bonchev–Trinajstić information content (AvgIpc) is 3.00. The van der Waals surface area contributed by atoms with Crippen molar-refractivity contribution in [2.45, 2.75) is 31.7 Å². The fourth-order valence-corrected chi connectivity index (χ4v) is 2.17. The van der Waals surface area contributed by atoms with E-state index in [0.29, 0.717) is 0 Å². The summed E-state index contributed by atoms with van der Waals surface area (Å²) in [6.45, 7) is 2.23. The van der Waals surface area contributed by atoms with E-state index < -0.39 is 0 Å². The van der Waals surface area contributed by atoms with E-state index in [0.717, 1.165) is 19.0 Å². The monoisotopic (exact) mass is 173 g/mol. The molecule has 1 aromatic carbocycles. The summed E-state index contributed by atoms with van der Waals surface area (Å²) in [7, 11) is 0. The summed E-state index contributed by atoms with van der Waals surface area (Å²) in [6, 6.07) is 7.09. The zero-order chi connectivity index (χ0) is 8.67. The number of hydrogen-bond acceptors (Lipinski definition) is 1. The van der Waals surface area contributed by atoms with Crippen LogP contribution in [-0.4, -0.2) is 6.54 Å². The highest BCUT2D eigenvalue weighted by atomic mass is 14.9. The Morgan fingerprint density at radius 1 is 1.15 bits per heavy atom. The molecule has 1 aliphatic carbocycles. The molecular weight excluding hydrogens is 158 g/mol. The van der Waals surface area contributed by atoms with E-state index >= 15 is 0 Å². The predicted octanol–water partition coefficient (Wildman–Crippen LogP) is 2.21. The van der Waals surface area contributed by atoms with Crippen LogP contribution in [0.25, 0.3) is 0 Å². The molecule has 3 rings (SSSR count). The van der Waals surface area contributed by atoms with Gasteiger partial charge in [-0.3, -0.25) is 0 Å². The topological polar surface area (TPSA) is 12.0 Å². The zero-order valence-corrected chi connectivity index (χ0v) is 7.84. The summed E-state index contributed by atoms with van der Waals surface area (Å²) >= 11 is 0. The highest BCUT2D eigenvalue weighted by Crippen LogP contribution is 2.40. The van der Waals surface area contributed by atoms with Crippen molar-refractivity contribution < 1.29 is 0 Å². The molecule has 1 aliphatic heterocycles. The molecule has 1 fully saturated rings. The molecule has 1 saturated carbocycles. The van der Waals surface area contributed by atoms with Gasteiger partial charge in [-0.2, -0.15) is 0 Å². The quantitative estimate of drug-likeness (QED) is 0.686. The number of fused-ring (bicyclic) bond motifs is 1. The molecule has 0 unspecified atom stereocenters. The van der Waals surface area contributed by atoms with Crippen LogP contribution in [0.5, 0.6) is 0 Å². The minimum absolute atomic E-state index is 0.896. The highest BCUT2D eigenvalue weighted by Gasteiger charge is 2.24. The van der Waals surface area contributed by atoms with Gasteiger partial charge in [-0.25, -0.2) is 0 Å². The molecule has 1 aromatic rings. The van der Waals surface area contributed by atoms with Gasteiger partial charge in [0.25, 0.3) is 0 Å². The van der Waals surface area contributed by atoms with Gasteiger partial charge in [-0.1, -0.05) is 18.2 Å². The molecule has 1 heterocycles. The van der Waals surface area contributed by atoms with Crippen LogP contribution >= 0.6 is 0 Å². The zero-order valence-electron chi connectivity index (χ0n) is 7.84. The van der Waals surface area contributed by atoms with Gasteiger partial charge in [-0.05, 0) is 48.4 Å². The summed E-state index contributed by atoms with van der Waals surface area (Å²) in [6.07, 6.45) is 4.03. The van der Waals surface area contributed by atoms with E-state index in [9.17, 15) is 0 Å². The standard InChI is InChI=1S/C12H15N/c1-2-9(1)11-4-3-10-5-6-13-8-12(10)7-11/h3-4,7,9,13H,1-2,5-6,8H2. The van der Waals surface area contributed by atoms with Crippen LogP contribution in [-0.2, 0) is 13.0 Å². The Morgan fingerprint density at radius 3 is 2.92 bits per heavy atom. The summed E-state index contributed by atoms with van der Waals surface area (Å²) in [5, 5.41) is 3.43. The van der Waals surface area contributed by atoms with Crippen LogP contribution < -0.4 is 5.32 Å². The van der Waals surface area contributed by atoms with Crippen LogP contribution in [0.15, 0.2) is 18.2 Å². The van der Waals surface area contributed by atoms with Gasteiger partial charge in [0, 0.05) is 6.54 Å². The second kappa shape index (κ2) is 2.85. The van der Waals surface area contributed by atoms with Crippen LogP contribution in [0.3, 0.4) is 0 Å². The van der Waals surface area contributed by atoms with Crippen molar-refractivity contribution in [3.63, 3.8) is 0 Å². The molecular formula is C12H15N. The van der Waals surface area contributed by atoms with Crippen LogP contribution in [0, 0.1) is 0 Å². The van der Waals surface area contributed by atoms with Crippen LogP contribution in [0.1, 0.15) is 35.4 Å². The third-order valence-electron chi connectivity index (χ3n) is 3.17. The molecule has 1 heteroatoms. The highest BCUT2D eigenvalue weighted by molar-refractivity contribution is 5.36. The van der Waals surface area contributed by atoms with Crippen molar-refractivity contribution in [2.24, 2.45) is 0 Å². The van der Waals surface area contributed by atoms with Gasteiger partial charge in [0.1, 0.15) is 0 Å². The van der Waals surface area contributed by atoms with Gasteiger partial charge in [0.15, 0.2) is 0 Å². The average molecular weight is 173 g/mol. The van der Waals surface area contributed by atoms with Crippen LogP contribution in [0.2, 0.25) is 0 Å². The Labute approximate surface area is 79.2 Å². The van der Waals surface area contributed by atoms with Crippen molar-refractivity contribution in [2.75, 3.05) is 6.54 Å². The van der Waals surface area contributed by atoms with Gasteiger partial charge >= 0.3 is 0 Å². The molecule has 0 saturated heterocycles. The van der Waals surface area contributed by atoms with Crippen molar-refractivity contribution in [3.8, 4) is 0 Å². The van der Waals surface area contributed by atoms with Gasteiger partial charge < -0.3 is 5.32 Å². The van der Waals surface area contributed by atoms with Crippen LogP contribution in [0.4, 0.5) is 0 Å². The molecule has 0 atom stereocenters. The predicted molar refractivity (Wildman–Crippen MR) is 53.8 cm³/mol. The SMILES string of the molecule is c1cc2c(cc1C1CC1)CNCC2. The Hall–Kier alpha value is -0.820. The summed E-state index contributed by atoms with van der Waals surface area (Å²) in [5.41, 5.74) is 4.67. The maximum absolute atomic E-state index is 3.43. The fraction of sp³-hybridized carbons (Fsp3) is 0.500. The first-order chi connectivity index (χ1) is 6.43. The summed E-state index contributed by atoms with van der Waals surface area (Å²) in [4.78, 5) is 0. The lowest BCUT2D eigenvalue weighted by atomic mass is 9.97. The minimum atomic E-state index is 0.896. The molecule has 68 valence electrons. The van der Waals surface area contributed by atoms with E-state index in [1.165, 1.54) is 24.8 Å². The first-order valence-electron chi connectivity index (χ1n) is 5.26. The smallest absolute Gasteiger partial charge is 0.0208 e. The van der Waals surface area contributed by atoms with Gasteiger partial charge in [-0.15, -0.1) is 0 Å². The van der Waals surface area contributed by atoms with E-state index in [4.69, 9.17) is 0 Å². The fourth-order valence-electron chi connectivity index (χ4n) is 2.17. The van der Waals surface area contributed by atoms with Crippen molar-refractivity contribution in [3.05, 3.63) is 34.9 Å². The van der Waals surface area contributed by atoms with Crippen molar-refractivity contribution >= 4 is 0 Å². The number of nitrogens with one attached hydrogen (secondary N) is 1. The molecule has 1 N–H and O–H groups in total. The lowest BCUT2D eigenvalue weighted by molar-refractivity contribution is 0.642. The molecule has 0 radical (unpaired) electrons.